The van der Waals surface area contributed by atoms with Gasteiger partial charge in [-0.3, -0.25) is 0 Å². The molecule has 1 heterocycles. The van der Waals surface area contributed by atoms with Crippen molar-refractivity contribution in [2.24, 2.45) is 5.73 Å². The van der Waals surface area contributed by atoms with Gasteiger partial charge in [-0.2, -0.15) is 13.2 Å². The van der Waals surface area contributed by atoms with Crippen LogP contribution in [0.2, 0.25) is 5.02 Å². The van der Waals surface area contributed by atoms with Gasteiger partial charge in [0.1, 0.15) is 11.5 Å². The van der Waals surface area contributed by atoms with Crippen molar-refractivity contribution in [1.29, 1.82) is 0 Å². The standard InChI is InChI=1S/C14H13ClF3NO2.ClH/c15-10-2-1-8(14(16,17)18)7-9(10)12-3-4-13(21-12)11(19)5-6-20;/h1-4,7,11,20H,5-6,19H2;1H. The first kappa shape index (κ1) is 18.8. The average Bonchev–Trinajstić information content (AvgIpc) is 2.87. The fourth-order valence-corrected chi connectivity index (χ4v) is 2.08. The van der Waals surface area contributed by atoms with Crippen LogP contribution in [0.25, 0.3) is 11.3 Å². The van der Waals surface area contributed by atoms with E-state index in [0.717, 1.165) is 12.1 Å². The number of halogens is 5. The van der Waals surface area contributed by atoms with Gasteiger partial charge in [-0.25, -0.2) is 0 Å². The summed E-state index contributed by atoms with van der Waals surface area (Å²) in [5, 5.41) is 8.98. The number of benzene rings is 1. The highest BCUT2D eigenvalue weighted by molar-refractivity contribution is 6.33. The zero-order chi connectivity index (χ0) is 15.6. The number of hydrogen-bond donors (Lipinski definition) is 2. The number of nitrogens with two attached hydrogens (primary N) is 1. The summed E-state index contributed by atoms with van der Waals surface area (Å²) in [6, 6.07) is 5.57. The van der Waals surface area contributed by atoms with E-state index in [4.69, 9.17) is 26.9 Å². The molecule has 0 spiro atoms. The Morgan fingerprint density at radius 1 is 1.23 bits per heavy atom. The summed E-state index contributed by atoms with van der Waals surface area (Å²) in [5.74, 6) is 0.585. The molecule has 8 heteroatoms. The number of aliphatic hydroxyl groups is 1. The largest absolute Gasteiger partial charge is 0.459 e. The van der Waals surface area contributed by atoms with Gasteiger partial charge in [0, 0.05) is 12.2 Å². The molecule has 2 rings (SSSR count). The lowest BCUT2D eigenvalue weighted by atomic mass is 10.1. The molecule has 0 aliphatic rings. The van der Waals surface area contributed by atoms with Gasteiger partial charge >= 0.3 is 6.18 Å². The van der Waals surface area contributed by atoms with Gasteiger partial charge < -0.3 is 15.3 Å². The zero-order valence-electron chi connectivity index (χ0n) is 11.2. The van der Waals surface area contributed by atoms with E-state index in [0.29, 0.717) is 12.2 Å². The maximum atomic E-state index is 12.7. The minimum absolute atomic E-state index is 0. The van der Waals surface area contributed by atoms with Crippen molar-refractivity contribution in [2.45, 2.75) is 18.6 Å². The van der Waals surface area contributed by atoms with E-state index in [-0.39, 0.29) is 35.4 Å². The van der Waals surface area contributed by atoms with E-state index in [1.54, 1.807) is 6.07 Å². The molecule has 122 valence electrons. The maximum absolute atomic E-state index is 12.7. The second-order valence-electron chi connectivity index (χ2n) is 4.51. The average molecular weight is 356 g/mol. The van der Waals surface area contributed by atoms with Gasteiger partial charge in [-0.05, 0) is 36.8 Å². The minimum atomic E-state index is -4.46. The Labute approximate surface area is 136 Å². The SMILES string of the molecule is Cl.NC(CCO)c1ccc(-c2cc(C(F)(F)F)ccc2Cl)o1. The Hall–Kier alpha value is -1.21. The van der Waals surface area contributed by atoms with Gasteiger partial charge in [0.15, 0.2) is 0 Å². The molecule has 0 aliphatic heterocycles. The van der Waals surface area contributed by atoms with Crippen LogP contribution in [0.4, 0.5) is 13.2 Å². The number of aliphatic hydroxyl groups excluding tert-OH is 1. The smallest absolute Gasteiger partial charge is 0.416 e. The summed E-state index contributed by atoms with van der Waals surface area (Å²) in [4.78, 5) is 0. The van der Waals surface area contributed by atoms with Crippen molar-refractivity contribution in [3.05, 3.63) is 46.7 Å². The van der Waals surface area contributed by atoms with Crippen LogP contribution in [0.15, 0.2) is 34.7 Å². The van der Waals surface area contributed by atoms with E-state index in [1.165, 1.54) is 12.1 Å². The Morgan fingerprint density at radius 3 is 2.50 bits per heavy atom. The number of alkyl halides is 3. The number of hydrogen-bond acceptors (Lipinski definition) is 3. The van der Waals surface area contributed by atoms with Gasteiger partial charge in [0.05, 0.1) is 16.6 Å². The minimum Gasteiger partial charge on any atom is -0.459 e. The maximum Gasteiger partial charge on any atom is 0.416 e. The molecule has 0 saturated heterocycles. The van der Waals surface area contributed by atoms with Gasteiger partial charge in [0.25, 0.3) is 0 Å². The lowest BCUT2D eigenvalue weighted by Gasteiger charge is -2.09. The van der Waals surface area contributed by atoms with Crippen LogP contribution in [0.3, 0.4) is 0 Å². The van der Waals surface area contributed by atoms with E-state index in [1.807, 2.05) is 0 Å². The zero-order valence-corrected chi connectivity index (χ0v) is 12.8. The van der Waals surface area contributed by atoms with Crippen LogP contribution < -0.4 is 5.73 Å². The Bertz CT molecular complexity index is 629. The summed E-state index contributed by atoms with van der Waals surface area (Å²) >= 11 is 5.93. The molecule has 0 aliphatic carbocycles. The molecule has 0 fully saturated rings. The third kappa shape index (κ3) is 4.16. The van der Waals surface area contributed by atoms with E-state index in [2.05, 4.69) is 0 Å². The predicted octanol–water partition coefficient (Wildman–Crippen LogP) is 4.42. The van der Waals surface area contributed by atoms with Crippen molar-refractivity contribution in [1.82, 2.24) is 0 Å². The fraction of sp³-hybridized carbons (Fsp3) is 0.286. The Kier molecular flexibility index (Phi) is 6.31. The second-order valence-corrected chi connectivity index (χ2v) is 4.92. The molecule has 1 aromatic carbocycles. The third-order valence-electron chi connectivity index (χ3n) is 2.99. The molecule has 1 unspecified atom stereocenters. The van der Waals surface area contributed by atoms with Gasteiger partial charge in [-0.1, -0.05) is 11.6 Å². The molecule has 3 N–H and O–H groups in total. The lowest BCUT2D eigenvalue weighted by molar-refractivity contribution is -0.137. The lowest BCUT2D eigenvalue weighted by Crippen LogP contribution is -2.10. The van der Waals surface area contributed by atoms with Gasteiger partial charge in [-0.15, -0.1) is 12.4 Å². The monoisotopic (exact) mass is 355 g/mol. The second kappa shape index (κ2) is 7.37. The van der Waals surface area contributed by atoms with Crippen LogP contribution in [-0.4, -0.2) is 11.7 Å². The topological polar surface area (TPSA) is 59.4 Å². The molecular formula is C14H14Cl2F3NO2. The van der Waals surface area contributed by atoms with E-state index >= 15 is 0 Å². The third-order valence-corrected chi connectivity index (χ3v) is 3.32. The normalized spacial score (nSPS) is 12.8. The summed E-state index contributed by atoms with van der Waals surface area (Å²) in [5.41, 5.74) is 5.11. The molecule has 0 bridgehead atoms. The quantitative estimate of drug-likeness (QED) is 0.853. The molecule has 0 saturated carbocycles. The first-order valence-electron chi connectivity index (χ1n) is 6.16. The molecule has 2 aromatic rings. The van der Waals surface area contributed by atoms with Gasteiger partial charge in [0.2, 0.25) is 0 Å². The Morgan fingerprint density at radius 2 is 1.91 bits per heavy atom. The molecule has 3 nitrogen and oxygen atoms in total. The van der Waals surface area contributed by atoms with Crippen molar-refractivity contribution in [3.8, 4) is 11.3 Å². The predicted molar refractivity (Wildman–Crippen MR) is 80.0 cm³/mol. The van der Waals surface area contributed by atoms with Crippen molar-refractivity contribution >= 4 is 24.0 Å². The molecule has 22 heavy (non-hydrogen) atoms. The highest BCUT2D eigenvalue weighted by atomic mass is 35.5. The first-order valence-corrected chi connectivity index (χ1v) is 6.54. The highest BCUT2D eigenvalue weighted by Gasteiger charge is 2.31. The fourth-order valence-electron chi connectivity index (χ4n) is 1.87. The van der Waals surface area contributed by atoms with E-state index < -0.39 is 17.8 Å². The van der Waals surface area contributed by atoms with Crippen LogP contribution in [0.5, 0.6) is 0 Å². The van der Waals surface area contributed by atoms with E-state index in [9.17, 15) is 13.2 Å². The molecule has 1 atom stereocenters. The molecular weight excluding hydrogens is 342 g/mol. The van der Waals surface area contributed by atoms with Crippen molar-refractivity contribution in [3.63, 3.8) is 0 Å². The summed E-state index contributed by atoms with van der Waals surface area (Å²) in [7, 11) is 0. The van der Waals surface area contributed by atoms with Crippen LogP contribution >= 0.6 is 24.0 Å². The number of furan rings is 1. The molecule has 1 aromatic heterocycles. The number of rotatable bonds is 4. The molecule has 0 radical (unpaired) electrons. The first-order chi connectivity index (χ1) is 9.82. The van der Waals surface area contributed by atoms with Crippen LogP contribution in [0, 0.1) is 0 Å². The van der Waals surface area contributed by atoms with Crippen LogP contribution in [-0.2, 0) is 6.18 Å². The molecule has 0 amide bonds. The van der Waals surface area contributed by atoms with Crippen molar-refractivity contribution < 1.29 is 22.7 Å². The highest BCUT2D eigenvalue weighted by Crippen LogP contribution is 2.37. The summed E-state index contributed by atoms with van der Waals surface area (Å²) in [6.07, 6.45) is -4.16. The summed E-state index contributed by atoms with van der Waals surface area (Å²) in [6.45, 7) is -0.110. The Balaban J connectivity index is 0.00000242. The van der Waals surface area contributed by atoms with Crippen molar-refractivity contribution in [2.75, 3.05) is 6.61 Å². The summed E-state index contributed by atoms with van der Waals surface area (Å²) < 4.78 is 43.6. The van der Waals surface area contributed by atoms with Crippen LogP contribution in [0.1, 0.15) is 23.8 Å².